The lowest BCUT2D eigenvalue weighted by Gasteiger charge is -2.17. The highest BCUT2D eigenvalue weighted by Crippen LogP contribution is 2.46. The minimum Gasteiger partial charge on any atom is -0.308 e. The van der Waals surface area contributed by atoms with Crippen molar-refractivity contribution in [1.82, 2.24) is 24.1 Å². The largest absolute Gasteiger partial charge is 0.308 e. The van der Waals surface area contributed by atoms with Gasteiger partial charge in [0.25, 0.3) is 0 Å². The Balaban J connectivity index is 1.17. The van der Waals surface area contributed by atoms with Crippen molar-refractivity contribution < 1.29 is 0 Å². The summed E-state index contributed by atoms with van der Waals surface area (Å²) in [5, 5.41) is 15.0. The van der Waals surface area contributed by atoms with Crippen LogP contribution in [0.1, 0.15) is 5.56 Å². The second-order valence-corrected chi connectivity index (χ2v) is 15.9. The highest BCUT2D eigenvalue weighted by atomic mass is 15.1. The molecule has 0 aliphatic carbocycles. The molecule has 0 bridgehead atoms. The van der Waals surface area contributed by atoms with Crippen LogP contribution < -0.4 is 0 Å². The van der Waals surface area contributed by atoms with Crippen molar-refractivity contribution >= 4 is 43.6 Å². The first kappa shape index (κ1) is 36.9. The van der Waals surface area contributed by atoms with Crippen molar-refractivity contribution in [3.8, 4) is 73.9 Å². The Kier molecular flexibility index (Phi) is 8.77. The fourth-order valence-electron chi connectivity index (χ4n) is 9.40. The molecule has 9 aromatic carbocycles. The van der Waals surface area contributed by atoms with Gasteiger partial charge >= 0.3 is 0 Å². The lowest BCUT2D eigenvalue weighted by Crippen LogP contribution is -2.04. The molecular formula is C58H36N6. The zero-order valence-corrected chi connectivity index (χ0v) is 34.5. The Labute approximate surface area is 369 Å². The van der Waals surface area contributed by atoms with E-state index in [1.165, 1.54) is 0 Å². The highest BCUT2D eigenvalue weighted by molar-refractivity contribution is 6.23. The van der Waals surface area contributed by atoms with Gasteiger partial charge in [-0.15, -0.1) is 0 Å². The maximum absolute atomic E-state index is 10.6. The molecule has 0 aliphatic heterocycles. The quantitative estimate of drug-likeness (QED) is 0.161. The number of fused-ring (bicyclic) bond motifs is 6. The zero-order chi connectivity index (χ0) is 42.6. The van der Waals surface area contributed by atoms with Crippen LogP contribution >= 0.6 is 0 Å². The Morgan fingerprint density at radius 2 is 0.859 bits per heavy atom. The minimum absolute atomic E-state index is 0.576. The number of nitrogens with zero attached hydrogens (tertiary/aromatic N) is 6. The summed E-state index contributed by atoms with van der Waals surface area (Å²) in [5.74, 6) is 1.78. The van der Waals surface area contributed by atoms with Gasteiger partial charge < -0.3 is 9.13 Å². The van der Waals surface area contributed by atoms with Crippen LogP contribution in [0, 0.1) is 11.3 Å². The van der Waals surface area contributed by atoms with Gasteiger partial charge in [0.15, 0.2) is 17.5 Å². The summed E-state index contributed by atoms with van der Waals surface area (Å²) in [6, 6.07) is 78.0. The number of benzene rings is 9. The van der Waals surface area contributed by atoms with E-state index in [-0.39, 0.29) is 0 Å². The third-order valence-electron chi connectivity index (χ3n) is 12.2. The van der Waals surface area contributed by atoms with Gasteiger partial charge in [0.2, 0.25) is 0 Å². The van der Waals surface area contributed by atoms with Gasteiger partial charge in [-0.1, -0.05) is 170 Å². The molecule has 6 heteroatoms. The highest BCUT2D eigenvalue weighted by Gasteiger charge is 2.24. The van der Waals surface area contributed by atoms with Crippen LogP contribution in [0.2, 0.25) is 0 Å². The Morgan fingerprint density at radius 1 is 0.359 bits per heavy atom. The van der Waals surface area contributed by atoms with Crippen LogP contribution in [-0.2, 0) is 0 Å². The molecule has 0 amide bonds. The fraction of sp³-hybridized carbons (Fsp3) is 0. The molecule has 12 aromatic rings. The number of hydrogen-bond donors (Lipinski definition) is 0. The molecule has 0 unspecified atom stereocenters. The van der Waals surface area contributed by atoms with Crippen molar-refractivity contribution in [1.29, 1.82) is 5.26 Å². The molecule has 0 N–H and O–H groups in total. The van der Waals surface area contributed by atoms with Gasteiger partial charge in [0, 0.05) is 43.9 Å². The zero-order valence-electron chi connectivity index (χ0n) is 34.5. The van der Waals surface area contributed by atoms with E-state index >= 15 is 0 Å². The van der Waals surface area contributed by atoms with Gasteiger partial charge in [-0.3, -0.25) is 0 Å². The number of hydrogen-bond acceptors (Lipinski definition) is 4. The Morgan fingerprint density at radius 3 is 1.50 bits per heavy atom. The molecular weight excluding hydrogens is 781 g/mol. The van der Waals surface area contributed by atoms with Gasteiger partial charge in [-0.25, -0.2) is 15.0 Å². The monoisotopic (exact) mass is 816 g/mol. The molecule has 12 rings (SSSR count). The van der Waals surface area contributed by atoms with E-state index in [0.717, 1.165) is 93.9 Å². The van der Waals surface area contributed by atoms with Crippen LogP contribution in [-0.4, -0.2) is 24.1 Å². The fourth-order valence-corrected chi connectivity index (χ4v) is 9.40. The molecule has 0 radical (unpaired) electrons. The van der Waals surface area contributed by atoms with Crippen LogP contribution in [0.15, 0.2) is 218 Å². The van der Waals surface area contributed by atoms with Crippen LogP contribution in [0.5, 0.6) is 0 Å². The molecule has 0 saturated carbocycles. The topological polar surface area (TPSA) is 72.3 Å². The summed E-state index contributed by atoms with van der Waals surface area (Å²) in [5.41, 5.74) is 13.6. The summed E-state index contributed by atoms with van der Waals surface area (Å²) in [7, 11) is 0. The first-order chi connectivity index (χ1) is 31.7. The molecule has 0 saturated heterocycles. The second-order valence-electron chi connectivity index (χ2n) is 15.9. The van der Waals surface area contributed by atoms with Gasteiger partial charge in [-0.2, -0.15) is 5.26 Å². The van der Waals surface area contributed by atoms with Crippen molar-refractivity contribution in [3.05, 3.63) is 224 Å². The minimum atomic E-state index is 0.576. The van der Waals surface area contributed by atoms with E-state index in [0.29, 0.717) is 23.0 Å². The van der Waals surface area contributed by atoms with Gasteiger partial charge in [-0.05, 0) is 70.8 Å². The molecule has 3 heterocycles. The molecule has 0 aliphatic rings. The van der Waals surface area contributed by atoms with E-state index in [9.17, 15) is 5.26 Å². The number of nitriles is 1. The van der Waals surface area contributed by atoms with E-state index in [4.69, 9.17) is 15.0 Å². The maximum atomic E-state index is 10.6. The standard InChI is InChI=1S/C58H36N6/c59-37-42-33-34-45(54-47-27-14-15-29-49(47)63(55(42)54)43-24-11-4-12-25-43)44-28-17-31-51-53(44)46-26-13-16-30-50(46)64(51)52-36-41(38-18-5-1-6-19-38)32-35-48(52)58-61-56(39-20-7-2-8-21-39)60-57(62-58)40-22-9-3-10-23-40/h1-36H. The van der Waals surface area contributed by atoms with E-state index in [1.54, 1.807) is 0 Å². The number of para-hydroxylation sites is 3. The predicted octanol–water partition coefficient (Wildman–Crippen LogP) is 14.3. The maximum Gasteiger partial charge on any atom is 0.166 e. The third kappa shape index (κ3) is 5.99. The molecule has 6 nitrogen and oxygen atoms in total. The molecule has 0 atom stereocenters. The SMILES string of the molecule is N#Cc1ccc(-c2cccc3c2c2ccccc2n3-c2cc(-c3ccccc3)ccc2-c2nc(-c3ccccc3)nc(-c3ccccc3)n2)c2c3ccccc3n(-c3ccccc3)c12. The van der Waals surface area contributed by atoms with E-state index < -0.39 is 0 Å². The lowest BCUT2D eigenvalue weighted by atomic mass is 9.94. The van der Waals surface area contributed by atoms with Crippen LogP contribution in [0.3, 0.4) is 0 Å². The first-order valence-corrected chi connectivity index (χ1v) is 21.3. The summed E-state index contributed by atoms with van der Waals surface area (Å²) >= 11 is 0. The molecule has 0 fully saturated rings. The molecule has 298 valence electrons. The summed E-state index contributed by atoms with van der Waals surface area (Å²) < 4.78 is 4.61. The van der Waals surface area contributed by atoms with Crippen LogP contribution in [0.4, 0.5) is 0 Å². The number of aromatic nitrogens is 5. The Bertz CT molecular complexity index is 3710. The number of rotatable bonds is 7. The van der Waals surface area contributed by atoms with E-state index in [2.05, 4.69) is 143 Å². The average Bonchev–Trinajstić information content (AvgIpc) is 3.91. The normalized spacial score (nSPS) is 11.4. The molecule has 3 aromatic heterocycles. The summed E-state index contributed by atoms with van der Waals surface area (Å²) in [4.78, 5) is 15.5. The lowest BCUT2D eigenvalue weighted by molar-refractivity contribution is 1.06. The predicted molar refractivity (Wildman–Crippen MR) is 260 cm³/mol. The summed E-state index contributed by atoms with van der Waals surface area (Å²) in [6.45, 7) is 0. The third-order valence-corrected chi connectivity index (χ3v) is 12.2. The molecule has 64 heavy (non-hydrogen) atoms. The van der Waals surface area contributed by atoms with Crippen molar-refractivity contribution in [2.75, 3.05) is 0 Å². The van der Waals surface area contributed by atoms with Crippen molar-refractivity contribution in [2.24, 2.45) is 0 Å². The second kappa shape index (κ2) is 15.2. The Hall–Kier alpha value is -8.92. The van der Waals surface area contributed by atoms with Crippen molar-refractivity contribution in [2.45, 2.75) is 0 Å². The molecule has 0 spiro atoms. The first-order valence-electron chi connectivity index (χ1n) is 21.3. The van der Waals surface area contributed by atoms with Gasteiger partial charge in [0.1, 0.15) is 6.07 Å². The van der Waals surface area contributed by atoms with Gasteiger partial charge in [0.05, 0.1) is 33.3 Å². The van der Waals surface area contributed by atoms with Crippen LogP contribution in [0.25, 0.3) is 111 Å². The summed E-state index contributed by atoms with van der Waals surface area (Å²) in [6.07, 6.45) is 0. The smallest absolute Gasteiger partial charge is 0.166 e. The average molecular weight is 817 g/mol. The van der Waals surface area contributed by atoms with E-state index in [1.807, 2.05) is 91.0 Å². The van der Waals surface area contributed by atoms with Crippen molar-refractivity contribution in [3.63, 3.8) is 0 Å².